The minimum atomic E-state index is -0.834. The van der Waals surface area contributed by atoms with E-state index in [1.165, 1.54) is 4.90 Å². The molecule has 0 aliphatic carbocycles. The second-order valence-corrected chi connectivity index (χ2v) is 10.2. The highest BCUT2D eigenvalue weighted by molar-refractivity contribution is 7.13. The van der Waals surface area contributed by atoms with Crippen LogP contribution in [0.25, 0.3) is 10.4 Å². The Labute approximate surface area is 192 Å². The maximum Gasteiger partial charge on any atom is 0.243 e. The predicted molar refractivity (Wildman–Crippen MR) is 124 cm³/mol. The van der Waals surface area contributed by atoms with Crippen LogP contribution in [0.5, 0.6) is 0 Å². The molecule has 0 bridgehead atoms. The number of aliphatic hydroxyl groups excluding tert-OH is 2. The van der Waals surface area contributed by atoms with Crippen LogP contribution in [0.15, 0.2) is 29.8 Å². The first-order valence-corrected chi connectivity index (χ1v) is 11.6. The second-order valence-electron chi connectivity index (χ2n) is 9.37. The Morgan fingerprint density at radius 1 is 1.31 bits per heavy atom. The minimum Gasteiger partial charge on any atom is -0.394 e. The van der Waals surface area contributed by atoms with Gasteiger partial charge in [0, 0.05) is 13.0 Å². The number of hydrogen-bond donors (Lipinski definition) is 4. The van der Waals surface area contributed by atoms with Gasteiger partial charge in [0.1, 0.15) is 6.04 Å². The van der Waals surface area contributed by atoms with Gasteiger partial charge in [-0.15, -0.1) is 11.3 Å². The van der Waals surface area contributed by atoms with Crippen molar-refractivity contribution in [1.82, 2.24) is 15.2 Å². The van der Waals surface area contributed by atoms with E-state index in [2.05, 4.69) is 10.3 Å². The molecular formula is C23H32N4O4S. The summed E-state index contributed by atoms with van der Waals surface area (Å²) in [7, 11) is 0. The number of aliphatic hydroxyl groups is 2. The summed E-state index contributed by atoms with van der Waals surface area (Å²) in [6.07, 6.45) is -0.660. The van der Waals surface area contributed by atoms with Crippen molar-refractivity contribution < 1.29 is 19.8 Å². The van der Waals surface area contributed by atoms with Crippen LogP contribution in [-0.4, -0.2) is 63.3 Å². The summed E-state index contributed by atoms with van der Waals surface area (Å²) in [5.41, 5.74) is 10.2. The van der Waals surface area contributed by atoms with Crippen LogP contribution in [0.2, 0.25) is 0 Å². The zero-order valence-corrected chi connectivity index (χ0v) is 19.7. The number of aromatic nitrogens is 1. The molecule has 3 unspecified atom stereocenters. The number of amides is 2. The first kappa shape index (κ1) is 24.3. The highest BCUT2D eigenvalue weighted by Gasteiger charge is 2.43. The van der Waals surface area contributed by atoms with Crippen molar-refractivity contribution in [2.24, 2.45) is 11.1 Å². The molecule has 1 aliphatic heterocycles. The van der Waals surface area contributed by atoms with Gasteiger partial charge < -0.3 is 26.2 Å². The van der Waals surface area contributed by atoms with E-state index in [1.54, 1.807) is 16.8 Å². The van der Waals surface area contributed by atoms with Crippen LogP contribution in [0.1, 0.15) is 44.5 Å². The number of benzene rings is 1. The molecule has 8 nitrogen and oxygen atoms in total. The quantitative estimate of drug-likeness (QED) is 0.518. The fraction of sp³-hybridized carbons (Fsp3) is 0.522. The van der Waals surface area contributed by atoms with Crippen molar-refractivity contribution in [3.63, 3.8) is 0 Å². The van der Waals surface area contributed by atoms with Crippen LogP contribution in [0.3, 0.4) is 0 Å². The average molecular weight is 461 g/mol. The monoisotopic (exact) mass is 460 g/mol. The molecule has 3 rings (SSSR count). The third kappa shape index (κ3) is 5.17. The second kappa shape index (κ2) is 9.66. The van der Waals surface area contributed by atoms with E-state index in [0.29, 0.717) is 0 Å². The lowest BCUT2D eigenvalue weighted by molar-refractivity contribution is -0.141. The Balaban J connectivity index is 1.73. The summed E-state index contributed by atoms with van der Waals surface area (Å²) in [5.74, 6) is -0.781. The van der Waals surface area contributed by atoms with Crippen LogP contribution in [0.4, 0.5) is 0 Å². The molecule has 2 aromatic rings. The normalized spacial score (nSPS) is 20.8. The lowest BCUT2D eigenvalue weighted by Crippen LogP contribution is -2.55. The highest BCUT2D eigenvalue weighted by atomic mass is 32.1. The number of likely N-dealkylation sites (tertiary alicyclic amines) is 1. The van der Waals surface area contributed by atoms with E-state index in [0.717, 1.165) is 21.7 Å². The lowest BCUT2D eigenvalue weighted by Gasteiger charge is -2.33. The van der Waals surface area contributed by atoms with E-state index in [-0.39, 0.29) is 25.5 Å². The van der Waals surface area contributed by atoms with Gasteiger partial charge in [-0.3, -0.25) is 9.59 Å². The summed E-state index contributed by atoms with van der Waals surface area (Å²) in [6.45, 7) is 7.29. The number of hydrogen-bond acceptors (Lipinski definition) is 7. The van der Waals surface area contributed by atoms with E-state index in [1.807, 2.05) is 52.0 Å². The number of β-amino-alcohol motifs (C(OH)–C–C–N with tert-alkyl or cyclic N) is 1. The fourth-order valence-corrected chi connectivity index (χ4v) is 4.61. The molecule has 2 amide bonds. The number of nitrogens with two attached hydrogens (primary N) is 1. The van der Waals surface area contributed by atoms with Crippen molar-refractivity contribution in [3.8, 4) is 10.4 Å². The summed E-state index contributed by atoms with van der Waals surface area (Å²) in [6, 6.07) is 5.32. The van der Waals surface area contributed by atoms with Gasteiger partial charge in [0.05, 0.1) is 40.9 Å². The van der Waals surface area contributed by atoms with E-state index < -0.39 is 35.6 Å². The number of nitrogens with one attached hydrogen (secondary N) is 1. The molecule has 174 valence electrons. The highest BCUT2D eigenvalue weighted by Crippen LogP contribution is 2.29. The van der Waals surface area contributed by atoms with Crippen LogP contribution in [-0.2, 0) is 9.59 Å². The number of carbonyl (C=O) groups is 2. The first-order chi connectivity index (χ1) is 15.0. The molecule has 1 fully saturated rings. The first-order valence-electron chi connectivity index (χ1n) is 10.7. The van der Waals surface area contributed by atoms with Gasteiger partial charge in [0.15, 0.2) is 0 Å². The molecule has 5 N–H and O–H groups in total. The molecule has 4 atom stereocenters. The van der Waals surface area contributed by atoms with Crippen molar-refractivity contribution in [2.75, 3.05) is 13.2 Å². The molecule has 1 aromatic heterocycles. The number of thiazole rings is 1. The summed E-state index contributed by atoms with van der Waals surface area (Å²) >= 11 is 1.56. The SMILES string of the molecule is Cc1ncsc1-c1ccc(C(CO)NC(=O)C2CC(O)CN2C(=O)[C@@H](N)C(C)(C)C)cc1. The molecular weight excluding hydrogens is 428 g/mol. The van der Waals surface area contributed by atoms with E-state index >= 15 is 0 Å². The standard InChI is InChI=1S/C23H32N4O4S/c1-13-19(32-12-25-13)15-7-5-14(6-8-15)17(11-28)26-21(30)18-9-16(29)10-27(18)22(31)20(24)23(2,3)4/h5-8,12,16-18,20,28-29H,9-11,24H2,1-4H3,(H,26,30)/t16?,17?,18?,20-/m1/s1. The summed E-state index contributed by atoms with van der Waals surface area (Å²) in [5, 5.41) is 22.9. The van der Waals surface area contributed by atoms with Gasteiger partial charge in [0.2, 0.25) is 11.8 Å². The van der Waals surface area contributed by atoms with Gasteiger partial charge in [-0.1, -0.05) is 45.0 Å². The molecule has 0 saturated carbocycles. The molecule has 1 aromatic carbocycles. The average Bonchev–Trinajstić information content (AvgIpc) is 3.35. The zero-order chi connectivity index (χ0) is 23.6. The van der Waals surface area contributed by atoms with Crippen molar-refractivity contribution in [3.05, 3.63) is 41.0 Å². The topological polar surface area (TPSA) is 129 Å². The Morgan fingerprint density at radius 3 is 2.50 bits per heavy atom. The number of nitrogens with zero attached hydrogens (tertiary/aromatic N) is 2. The Hall–Kier alpha value is -2.33. The van der Waals surface area contributed by atoms with Crippen LogP contribution < -0.4 is 11.1 Å². The van der Waals surface area contributed by atoms with Crippen molar-refractivity contribution >= 4 is 23.2 Å². The molecule has 0 spiro atoms. The molecule has 1 saturated heterocycles. The van der Waals surface area contributed by atoms with Crippen molar-refractivity contribution in [1.29, 1.82) is 0 Å². The molecule has 32 heavy (non-hydrogen) atoms. The Bertz CT molecular complexity index is 954. The maximum atomic E-state index is 13.0. The number of aryl methyl sites for hydroxylation is 1. The van der Waals surface area contributed by atoms with Gasteiger partial charge in [-0.2, -0.15) is 0 Å². The Kier molecular flexibility index (Phi) is 7.34. The lowest BCUT2D eigenvalue weighted by atomic mass is 9.86. The molecule has 9 heteroatoms. The molecule has 0 radical (unpaired) electrons. The minimum absolute atomic E-state index is 0.0629. The van der Waals surface area contributed by atoms with Crippen LogP contribution in [0, 0.1) is 12.3 Å². The Morgan fingerprint density at radius 2 is 1.97 bits per heavy atom. The van der Waals surface area contributed by atoms with Crippen LogP contribution >= 0.6 is 11.3 Å². The predicted octanol–water partition coefficient (Wildman–Crippen LogP) is 1.60. The number of carbonyl (C=O) groups excluding carboxylic acids is 2. The smallest absolute Gasteiger partial charge is 0.243 e. The maximum absolute atomic E-state index is 13.0. The van der Waals surface area contributed by atoms with Gasteiger partial charge >= 0.3 is 0 Å². The summed E-state index contributed by atoms with van der Waals surface area (Å²) < 4.78 is 0. The molecule has 1 aliphatic rings. The van der Waals surface area contributed by atoms with E-state index in [4.69, 9.17) is 5.73 Å². The van der Waals surface area contributed by atoms with E-state index in [9.17, 15) is 19.8 Å². The zero-order valence-electron chi connectivity index (χ0n) is 18.9. The third-order valence-electron chi connectivity index (χ3n) is 5.88. The fourth-order valence-electron chi connectivity index (χ4n) is 3.80. The van der Waals surface area contributed by atoms with Gasteiger partial charge in [-0.25, -0.2) is 4.98 Å². The largest absolute Gasteiger partial charge is 0.394 e. The summed E-state index contributed by atoms with van der Waals surface area (Å²) in [4.78, 5) is 32.7. The van der Waals surface area contributed by atoms with Gasteiger partial charge in [-0.05, 0) is 23.5 Å². The third-order valence-corrected chi connectivity index (χ3v) is 6.86. The molecule has 2 heterocycles. The van der Waals surface area contributed by atoms with Gasteiger partial charge in [0.25, 0.3) is 0 Å². The number of rotatable bonds is 6. The van der Waals surface area contributed by atoms with Crippen molar-refractivity contribution in [2.45, 2.75) is 58.3 Å².